The van der Waals surface area contributed by atoms with Crippen LogP contribution >= 0.6 is 0 Å². The molecular weight excluding hydrogens is 218 g/mol. The Balaban J connectivity index is 1.64. The molecule has 0 radical (unpaired) electrons. The van der Waals surface area contributed by atoms with Crippen LogP contribution in [0.1, 0.15) is 6.42 Å². The third-order valence-corrected chi connectivity index (χ3v) is 6.97. The van der Waals surface area contributed by atoms with E-state index < -0.39 is 0 Å². The standard InChI is InChI=1S/C13H15NO3/c15-14-12-8-4-3-5-7-6(4)9(12)11(7)13(10(5)8)16-1-2-17-13/h4-11,15H,1-3H2/b14-12+/t4-,5-,6+,7+,8+,9+,10-,11+/m0/s1. The molecule has 1 aliphatic heterocycles. The molecule has 4 heteroatoms. The summed E-state index contributed by atoms with van der Waals surface area (Å²) >= 11 is 0. The van der Waals surface area contributed by atoms with Gasteiger partial charge in [0.15, 0.2) is 5.79 Å². The molecule has 6 fully saturated rings. The van der Waals surface area contributed by atoms with Gasteiger partial charge in [0.05, 0.1) is 18.9 Å². The van der Waals surface area contributed by atoms with Gasteiger partial charge >= 0.3 is 0 Å². The molecule has 0 aromatic heterocycles. The monoisotopic (exact) mass is 233 g/mol. The van der Waals surface area contributed by atoms with Gasteiger partial charge in [-0.1, -0.05) is 5.16 Å². The second-order valence-corrected chi connectivity index (χ2v) is 6.76. The van der Waals surface area contributed by atoms with Gasteiger partial charge in [0.1, 0.15) is 0 Å². The quantitative estimate of drug-likeness (QED) is 0.500. The summed E-state index contributed by atoms with van der Waals surface area (Å²) in [6.07, 6.45) is 1.34. The molecule has 6 aliphatic rings. The zero-order valence-corrected chi connectivity index (χ0v) is 9.45. The molecule has 0 aromatic carbocycles. The summed E-state index contributed by atoms with van der Waals surface area (Å²) in [7, 11) is 0. The normalized spacial score (nSPS) is 68.8. The van der Waals surface area contributed by atoms with Crippen LogP contribution in [-0.4, -0.2) is 29.9 Å². The summed E-state index contributed by atoms with van der Waals surface area (Å²) in [6.45, 7) is 1.51. The van der Waals surface area contributed by atoms with Gasteiger partial charge in [0, 0.05) is 23.7 Å². The van der Waals surface area contributed by atoms with Gasteiger partial charge in [-0.05, 0) is 30.1 Å². The minimum Gasteiger partial charge on any atom is -0.411 e. The lowest BCUT2D eigenvalue weighted by Gasteiger charge is -2.50. The first kappa shape index (κ1) is 8.48. The summed E-state index contributed by atoms with van der Waals surface area (Å²) in [6, 6.07) is 0. The van der Waals surface area contributed by atoms with Crippen molar-refractivity contribution in [3.05, 3.63) is 0 Å². The van der Waals surface area contributed by atoms with E-state index in [1.807, 2.05) is 0 Å². The fraction of sp³-hybridized carbons (Fsp3) is 0.923. The van der Waals surface area contributed by atoms with Crippen molar-refractivity contribution in [3.8, 4) is 0 Å². The summed E-state index contributed by atoms with van der Waals surface area (Å²) in [5.74, 6) is 4.94. The first-order valence-electron chi connectivity index (χ1n) is 6.88. The SMILES string of the molecule is O/N=C1\[C@@H]2[C@H]3C[C@H]4[C@@H]5[C@@H]3[C@@H]1[C@@H]5C1(OCCO1)[C@@H]42. The summed E-state index contributed by atoms with van der Waals surface area (Å²) in [5.41, 5.74) is 1.11. The molecule has 0 unspecified atom stereocenters. The van der Waals surface area contributed by atoms with Crippen LogP contribution in [0.25, 0.3) is 0 Å². The fourth-order valence-corrected chi connectivity index (χ4v) is 7.11. The molecule has 1 saturated heterocycles. The minimum absolute atomic E-state index is 0.263. The van der Waals surface area contributed by atoms with Gasteiger partial charge in [0.25, 0.3) is 0 Å². The predicted molar refractivity (Wildman–Crippen MR) is 56.4 cm³/mol. The van der Waals surface area contributed by atoms with Crippen LogP contribution < -0.4 is 0 Å². The largest absolute Gasteiger partial charge is 0.411 e. The molecule has 5 saturated carbocycles. The summed E-state index contributed by atoms with van der Waals surface area (Å²) < 4.78 is 12.2. The van der Waals surface area contributed by atoms with Crippen molar-refractivity contribution < 1.29 is 14.7 Å². The number of ether oxygens (including phenoxy) is 2. The highest BCUT2D eigenvalue weighted by Crippen LogP contribution is 2.85. The van der Waals surface area contributed by atoms with E-state index in [0.717, 1.165) is 42.6 Å². The molecule has 1 heterocycles. The maximum absolute atomic E-state index is 9.32. The Hall–Kier alpha value is -0.610. The smallest absolute Gasteiger partial charge is 0.175 e. The molecule has 0 aromatic rings. The Morgan fingerprint density at radius 3 is 2.65 bits per heavy atom. The van der Waals surface area contributed by atoms with Crippen molar-refractivity contribution in [1.29, 1.82) is 0 Å². The Kier molecular flexibility index (Phi) is 1.08. The molecule has 90 valence electrons. The van der Waals surface area contributed by atoms with Crippen LogP contribution in [0.2, 0.25) is 0 Å². The average molecular weight is 233 g/mol. The zero-order chi connectivity index (χ0) is 10.9. The zero-order valence-electron chi connectivity index (χ0n) is 9.45. The van der Waals surface area contributed by atoms with Crippen molar-refractivity contribution in [1.82, 2.24) is 0 Å². The van der Waals surface area contributed by atoms with Crippen molar-refractivity contribution in [3.63, 3.8) is 0 Å². The van der Waals surface area contributed by atoms with Gasteiger partial charge in [0.2, 0.25) is 0 Å². The van der Waals surface area contributed by atoms with Crippen molar-refractivity contribution >= 4 is 5.71 Å². The molecule has 5 aliphatic carbocycles. The molecular formula is C13H15NO3. The van der Waals surface area contributed by atoms with Crippen LogP contribution in [0.4, 0.5) is 0 Å². The van der Waals surface area contributed by atoms with Crippen molar-refractivity contribution in [2.75, 3.05) is 13.2 Å². The maximum atomic E-state index is 9.32. The number of hydrogen-bond acceptors (Lipinski definition) is 4. The number of rotatable bonds is 0. The molecule has 8 atom stereocenters. The Morgan fingerprint density at radius 2 is 1.88 bits per heavy atom. The van der Waals surface area contributed by atoms with Gasteiger partial charge in [-0.3, -0.25) is 0 Å². The predicted octanol–water partition coefficient (Wildman–Crippen LogP) is 0.947. The highest BCUT2D eigenvalue weighted by atomic mass is 16.7. The van der Waals surface area contributed by atoms with E-state index in [1.165, 1.54) is 6.42 Å². The Morgan fingerprint density at radius 1 is 1.06 bits per heavy atom. The van der Waals surface area contributed by atoms with E-state index in [9.17, 15) is 5.21 Å². The third-order valence-electron chi connectivity index (χ3n) is 6.97. The molecule has 2 bridgehead atoms. The van der Waals surface area contributed by atoms with Crippen LogP contribution in [0.15, 0.2) is 5.16 Å². The highest BCUT2D eigenvalue weighted by Gasteiger charge is 2.88. The van der Waals surface area contributed by atoms with Gasteiger partial charge < -0.3 is 14.7 Å². The first-order valence-corrected chi connectivity index (χ1v) is 6.88. The first-order chi connectivity index (χ1) is 8.38. The summed E-state index contributed by atoms with van der Waals surface area (Å²) in [4.78, 5) is 0. The molecule has 0 amide bonds. The van der Waals surface area contributed by atoms with Gasteiger partial charge in [-0.15, -0.1) is 0 Å². The Labute approximate surface area is 99.0 Å². The second kappa shape index (κ2) is 2.16. The molecule has 6 rings (SSSR count). The van der Waals surface area contributed by atoms with Crippen LogP contribution in [0.5, 0.6) is 0 Å². The summed E-state index contributed by atoms with van der Waals surface area (Å²) in [5, 5.41) is 13.0. The minimum atomic E-state index is -0.263. The van der Waals surface area contributed by atoms with E-state index in [1.54, 1.807) is 0 Å². The second-order valence-electron chi connectivity index (χ2n) is 6.76. The lowest BCUT2D eigenvalue weighted by atomic mass is 9.58. The van der Waals surface area contributed by atoms with E-state index in [2.05, 4.69) is 5.16 Å². The maximum Gasteiger partial charge on any atom is 0.175 e. The topological polar surface area (TPSA) is 51.1 Å². The number of hydrogen-bond donors (Lipinski definition) is 1. The number of oxime groups is 1. The molecule has 1 N–H and O–H groups in total. The van der Waals surface area contributed by atoms with Crippen LogP contribution in [0.3, 0.4) is 0 Å². The average Bonchev–Trinajstić information content (AvgIpc) is 2.95. The van der Waals surface area contributed by atoms with E-state index in [-0.39, 0.29) is 5.79 Å². The van der Waals surface area contributed by atoms with E-state index in [4.69, 9.17) is 9.47 Å². The van der Waals surface area contributed by atoms with E-state index in [0.29, 0.717) is 23.7 Å². The molecule has 17 heavy (non-hydrogen) atoms. The number of fused-ring (bicyclic) bond motifs is 4. The Bertz CT molecular complexity index is 469. The third kappa shape index (κ3) is 0.557. The number of nitrogens with zero attached hydrogens (tertiary/aromatic N) is 1. The van der Waals surface area contributed by atoms with Crippen molar-refractivity contribution in [2.45, 2.75) is 12.2 Å². The van der Waals surface area contributed by atoms with Crippen LogP contribution in [0, 0.1) is 47.3 Å². The van der Waals surface area contributed by atoms with Gasteiger partial charge in [-0.25, -0.2) is 0 Å². The lowest BCUT2D eigenvalue weighted by molar-refractivity contribution is -0.241. The lowest BCUT2D eigenvalue weighted by Crippen LogP contribution is -2.58. The highest BCUT2D eigenvalue weighted by molar-refractivity contribution is 5.96. The molecule has 4 nitrogen and oxygen atoms in total. The van der Waals surface area contributed by atoms with Crippen molar-refractivity contribution in [2.24, 2.45) is 52.5 Å². The molecule has 1 spiro atoms. The van der Waals surface area contributed by atoms with Gasteiger partial charge in [-0.2, -0.15) is 0 Å². The van der Waals surface area contributed by atoms with Crippen LogP contribution in [-0.2, 0) is 9.47 Å². The van der Waals surface area contributed by atoms with E-state index >= 15 is 0 Å². The fourth-order valence-electron chi connectivity index (χ4n) is 7.11.